The number of urea groups is 1. The highest BCUT2D eigenvalue weighted by molar-refractivity contribution is 6.35. The third-order valence-corrected chi connectivity index (χ3v) is 5.60. The van der Waals surface area contributed by atoms with Crippen LogP contribution in [0.3, 0.4) is 0 Å². The molecule has 0 saturated carbocycles. The van der Waals surface area contributed by atoms with Gasteiger partial charge >= 0.3 is 6.03 Å². The minimum Gasteiger partial charge on any atom is -0.352 e. The predicted molar refractivity (Wildman–Crippen MR) is 124 cm³/mol. The molecule has 0 radical (unpaired) electrons. The Labute approximate surface area is 187 Å². The lowest BCUT2D eigenvalue weighted by Crippen LogP contribution is -2.38. The summed E-state index contributed by atoms with van der Waals surface area (Å²) in [6.07, 6.45) is 2.15. The normalized spacial score (nSPS) is 15.1. The van der Waals surface area contributed by atoms with Gasteiger partial charge in [-0.3, -0.25) is 4.99 Å². The Morgan fingerprint density at radius 3 is 2.63 bits per heavy atom. The van der Waals surface area contributed by atoms with E-state index in [0.29, 0.717) is 22.5 Å². The zero-order chi connectivity index (χ0) is 21.5. The summed E-state index contributed by atoms with van der Waals surface area (Å²) in [7, 11) is 1.72. The summed E-state index contributed by atoms with van der Waals surface area (Å²) in [5, 5.41) is 10.8. The molecule has 1 atom stereocenters. The largest absolute Gasteiger partial charge is 0.352 e. The molecule has 1 fully saturated rings. The van der Waals surface area contributed by atoms with Gasteiger partial charge in [0, 0.05) is 42.4 Å². The molecule has 3 N–H and O–H groups in total. The van der Waals surface area contributed by atoms with Gasteiger partial charge in [-0.1, -0.05) is 41.4 Å². The third-order valence-electron chi connectivity index (χ3n) is 5.04. The van der Waals surface area contributed by atoms with Crippen molar-refractivity contribution in [2.24, 2.45) is 4.99 Å². The molecule has 2 aromatic carbocycles. The highest BCUT2D eigenvalue weighted by Crippen LogP contribution is 2.26. The van der Waals surface area contributed by atoms with Gasteiger partial charge in [0.25, 0.3) is 0 Å². The second-order valence-electron chi connectivity index (χ2n) is 7.28. The van der Waals surface area contributed by atoms with E-state index >= 15 is 0 Å². The Hall–Kier alpha value is -2.44. The maximum Gasteiger partial charge on any atom is 0.321 e. The van der Waals surface area contributed by atoms with Crippen LogP contribution >= 0.6 is 23.2 Å². The molecule has 2 amide bonds. The lowest BCUT2D eigenvalue weighted by Gasteiger charge is -2.20. The molecular weight excluding hydrogens is 421 g/mol. The number of hydrogen-bond acceptors (Lipinski definition) is 2. The van der Waals surface area contributed by atoms with Crippen molar-refractivity contribution in [3.63, 3.8) is 0 Å². The molecule has 1 saturated heterocycles. The maximum atomic E-state index is 12.3. The van der Waals surface area contributed by atoms with Gasteiger partial charge in [0.2, 0.25) is 0 Å². The van der Waals surface area contributed by atoms with Gasteiger partial charge < -0.3 is 20.9 Å². The number of benzene rings is 2. The van der Waals surface area contributed by atoms with Gasteiger partial charge in [-0.2, -0.15) is 0 Å². The van der Waals surface area contributed by atoms with Crippen LogP contribution in [0, 0.1) is 0 Å². The molecule has 30 heavy (non-hydrogen) atoms. The number of halogens is 2. The lowest BCUT2D eigenvalue weighted by molar-refractivity contribution is 0.222. The van der Waals surface area contributed by atoms with Gasteiger partial charge in [-0.05, 0) is 55.2 Å². The van der Waals surface area contributed by atoms with E-state index in [0.717, 1.165) is 42.7 Å². The standard InChI is InChI=1S/C22H27Cl2N5O/c1-15(19-9-8-17(23)13-20(19)24)27-21(25-2)26-14-16-6-5-7-18(12-16)28-22(30)29-10-3-4-11-29/h5-9,12-13,15H,3-4,10-11,14H2,1-2H3,(H,28,30)(H2,25,26,27). The van der Waals surface area contributed by atoms with E-state index in [1.807, 2.05) is 48.2 Å². The van der Waals surface area contributed by atoms with Gasteiger partial charge in [-0.25, -0.2) is 4.79 Å². The van der Waals surface area contributed by atoms with Crippen molar-refractivity contribution in [2.75, 3.05) is 25.5 Å². The van der Waals surface area contributed by atoms with Crippen LogP contribution in [0.5, 0.6) is 0 Å². The number of anilines is 1. The van der Waals surface area contributed by atoms with Crippen LogP contribution in [0.4, 0.5) is 10.5 Å². The monoisotopic (exact) mass is 447 g/mol. The summed E-state index contributed by atoms with van der Waals surface area (Å²) >= 11 is 12.3. The number of nitrogens with zero attached hydrogens (tertiary/aromatic N) is 2. The summed E-state index contributed by atoms with van der Waals surface area (Å²) < 4.78 is 0. The summed E-state index contributed by atoms with van der Waals surface area (Å²) in [4.78, 5) is 18.4. The van der Waals surface area contributed by atoms with Gasteiger partial charge in [0.15, 0.2) is 5.96 Å². The van der Waals surface area contributed by atoms with Crippen molar-refractivity contribution >= 4 is 40.9 Å². The smallest absolute Gasteiger partial charge is 0.321 e. The van der Waals surface area contributed by atoms with Gasteiger partial charge in [0.1, 0.15) is 0 Å². The van der Waals surface area contributed by atoms with Crippen molar-refractivity contribution in [3.8, 4) is 0 Å². The number of likely N-dealkylation sites (tertiary alicyclic amines) is 1. The number of nitrogens with one attached hydrogen (secondary N) is 3. The summed E-state index contributed by atoms with van der Waals surface area (Å²) in [5.74, 6) is 0.653. The second-order valence-corrected chi connectivity index (χ2v) is 8.13. The van der Waals surface area contributed by atoms with Crippen LogP contribution in [0.1, 0.15) is 36.9 Å². The first-order valence-electron chi connectivity index (χ1n) is 10.0. The number of carbonyl (C=O) groups excluding carboxylic acids is 1. The van der Waals surface area contributed by atoms with Crippen molar-refractivity contribution in [2.45, 2.75) is 32.4 Å². The van der Waals surface area contributed by atoms with Gasteiger partial charge in [-0.15, -0.1) is 0 Å². The zero-order valence-electron chi connectivity index (χ0n) is 17.2. The highest BCUT2D eigenvalue weighted by Gasteiger charge is 2.17. The van der Waals surface area contributed by atoms with Crippen LogP contribution in [0.15, 0.2) is 47.5 Å². The molecule has 0 aromatic heterocycles. The van der Waals surface area contributed by atoms with E-state index in [2.05, 4.69) is 20.9 Å². The van der Waals surface area contributed by atoms with Crippen LogP contribution in [0.2, 0.25) is 10.0 Å². The quantitative estimate of drug-likeness (QED) is 0.443. The van der Waals surface area contributed by atoms with Crippen LogP contribution in [-0.4, -0.2) is 37.0 Å². The van der Waals surface area contributed by atoms with E-state index in [1.54, 1.807) is 13.1 Å². The molecule has 8 heteroatoms. The zero-order valence-corrected chi connectivity index (χ0v) is 18.7. The van der Waals surface area contributed by atoms with E-state index in [1.165, 1.54) is 0 Å². The minimum absolute atomic E-state index is 0.0382. The minimum atomic E-state index is -0.0490. The Morgan fingerprint density at radius 1 is 1.17 bits per heavy atom. The molecule has 1 unspecified atom stereocenters. The van der Waals surface area contributed by atoms with Crippen LogP contribution in [-0.2, 0) is 6.54 Å². The first-order chi connectivity index (χ1) is 14.5. The predicted octanol–water partition coefficient (Wildman–Crippen LogP) is 5.05. The van der Waals surface area contributed by atoms with Crippen molar-refractivity contribution in [3.05, 3.63) is 63.6 Å². The molecule has 1 aliphatic heterocycles. The number of hydrogen-bond donors (Lipinski definition) is 3. The number of guanidine groups is 1. The molecule has 0 spiro atoms. The SMILES string of the molecule is CN=C(NCc1cccc(NC(=O)N2CCCC2)c1)NC(C)c1ccc(Cl)cc1Cl. The van der Waals surface area contributed by atoms with Gasteiger partial charge in [0.05, 0.1) is 6.04 Å². The maximum absolute atomic E-state index is 12.3. The average Bonchev–Trinajstić information content (AvgIpc) is 3.26. The fraction of sp³-hybridized carbons (Fsp3) is 0.364. The molecule has 3 rings (SSSR count). The van der Waals surface area contributed by atoms with Crippen LogP contribution in [0.25, 0.3) is 0 Å². The Balaban J connectivity index is 1.56. The Kier molecular flexibility index (Phi) is 7.82. The van der Waals surface area contributed by atoms with Crippen molar-refractivity contribution in [1.29, 1.82) is 0 Å². The highest BCUT2D eigenvalue weighted by atomic mass is 35.5. The van der Waals surface area contributed by atoms with E-state index in [4.69, 9.17) is 23.2 Å². The molecule has 6 nitrogen and oxygen atoms in total. The number of carbonyl (C=O) groups is 1. The Morgan fingerprint density at radius 2 is 1.93 bits per heavy atom. The molecular formula is C22H27Cl2N5O. The number of amides is 2. The third kappa shape index (κ3) is 6.03. The van der Waals surface area contributed by atoms with Crippen molar-refractivity contribution < 1.29 is 4.79 Å². The summed E-state index contributed by atoms with van der Waals surface area (Å²) in [6.45, 7) is 4.22. The molecule has 2 aromatic rings. The van der Waals surface area contributed by atoms with Crippen LogP contribution < -0.4 is 16.0 Å². The molecule has 1 heterocycles. The summed E-state index contributed by atoms with van der Waals surface area (Å²) in [6, 6.07) is 13.2. The average molecular weight is 448 g/mol. The number of aliphatic imine (C=N–C) groups is 1. The van der Waals surface area contributed by atoms with E-state index in [9.17, 15) is 4.79 Å². The lowest BCUT2D eigenvalue weighted by atomic mass is 10.1. The first kappa shape index (κ1) is 22.2. The number of rotatable bonds is 5. The summed E-state index contributed by atoms with van der Waals surface area (Å²) in [5.41, 5.74) is 2.76. The van der Waals surface area contributed by atoms with E-state index < -0.39 is 0 Å². The molecule has 160 valence electrons. The van der Waals surface area contributed by atoms with Crippen molar-refractivity contribution in [1.82, 2.24) is 15.5 Å². The fourth-order valence-electron chi connectivity index (χ4n) is 3.40. The molecule has 1 aliphatic rings. The first-order valence-corrected chi connectivity index (χ1v) is 10.8. The fourth-order valence-corrected chi connectivity index (χ4v) is 3.97. The molecule has 0 bridgehead atoms. The topological polar surface area (TPSA) is 68.8 Å². The van der Waals surface area contributed by atoms with E-state index in [-0.39, 0.29) is 12.1 Å². The second kappa shape index (κ2) is 10.5. The molecule has 0 aliphatic carbocycles. The Bertz CT molecular complexity index is 912.